The summed E-state index contributed by atoms with van der Waals surface area (Å²) < 4.78 is 14.0. The van der Waals surface area contributed by atoms with Crippen LogP contribution >= 0.6 is 7.14 Å². The zero-order valence-corrected chi connectivity index (χ0v) is 26.1. The van der Waals surface area contributed by atoms with Gasteiger partial charge in [0.05, 0.1) is 12.2 Å². The monoisotopic (exact) mass is 635 g/mol. The third-order valence-corrected chi connectivity index (χ3v) is 7.96. The minimum Gasteiger partial charge on any atom is -0.388 e. The number of aliphatic hydroxyl groups is 2. The van der Waals surface area contributed by atoms with E-state index in [1.54, 1.807) is 6.08 Å². The first-order valence-electron chi connectivity index (χ1n) is 8.95. The third kappa shape index (κ3) is 7.73. The Bertz CT molecular complexity index is 795. The summed E-state index contributed by atoms with van der Waals surface area (Å²) in [6.45, 7) is 1.83. The van der Waals surface area contributed by atoms with E-state index in [-0.39, 0.29) is 98.1 Å². The van der Waals surface area contributed by atoms with E-state index in [0.717, 1.165) is 16.2 Å². The molecule has 1 fully saturated rings. The number of benzene rings is 2. The van der Waals surface area contributed by atoms with Crippen molar-refractivity contribution in [3.8, 4) is 0 Å². The van der Waals surface area contributed by atoms with Crippen molar-refractivity contribution in [2.45, 2.75) is 32.0 Å². The molecule has 0 aromatic heterocycles. The Morgan fingerprint density at radius 1 is 0.862 bits per heavy atom. The van der Waals surface area contributed by atoms with Gasteiger partial charge in [-0.05, 0) is 25.3 Å². The molecule has 3 nitrogen and oxygen atoms in total. The Morgan fingerprint density at radius 3 is 1.66 bits per heavy atom. The van der Waals surface area contributed by atoms with Crippen molar-refractivity contribution in [1.82, 2.24) is 0 Å². The normalized spacial score (nSPS) is 18.6. The number of aliphatic hydroxyl groups excluding tert-OH is 2. The van der Waals surface area contributed by atoms with Gasteiger partial charge in [0.1, 0.15) is 7.14 Å². The Morgan fingerprint density at radius 2 is 1.28 bits per heavy atom. The maximum atomic E-state index is 14.0. The van der Waals surface area contributed by atoms with Gasteiger partial charge >= 0.3 is 0 Å². The summed E-state index contributed by atoms with van der Waals surface area (Å²) in [5, 5.41) is 22.1. The van der Waals surface area contributed by atoms with Gasteiger partial charge < -0.3 is 14.8 Å². The van der Waals surface area contributed by atoms with Gasteiger partial charge in [0.25, 0.3) is 0 Å². The van der Waals surface area contributed by atoms with E-state index in [0.29, 0.717) is 24.6 Å². The molecule has 2 aromatic rings. The van der Waals surface area contributed by atoms with E-state index in [2.05, 4.69) is 0 Å². The maximum absolute atomic E-state index is 14.0. The van der Waals surface area contributed by atoms with Crippen LogP contribution in [0.15, 0.2) is 84.0 Å². The van der Waals surface area contributed by atoms with Gasteiger partial charge in [-0.2, -0.15) is 0 Å². The van der Waals surface area contributed by atoms with Gasteiger partial charge in [-0.15, -0.1) is 0 Å². The van der Waals surface area contributed by atoms with Crippen molar-refractivity contribution in [1.29, 1.82) is 0 Å². The van der Waals surface area contributed by atoms with Gasteiger partial charge in [0, 0.05) is 115 Å². The Labute approximate surface area is 249 Å². The molecule has 0 unspecified atom stereocenters. The average Bonchev–Trinajstić information content (AvgIpc) is 2.67. The Kier molecular flexibility index (Phi) is 15.2. The number of rotatable bonds is 4. The first kappa shape index (κ1) is 30.4. The van der Waals surface area contributed by atoms with E-state index >= 15 is 0 Å². The minimum atomic E-state index is -2.81. The van der Waals surface area contributed by atoms with Crippen LogP contribution in [0.2, 0.25) is 0 Å². The molecular weight excluding hydrogens is 610 g/mol. The van der Waals surface area contributed by atoms with Crippen molar-refractivity contribution >= 4 is 17.8 Å². The molecule has 0 bridgehead atoms. The fourth-order valence-corrected chi connectivity index (χ4v) is 6.09. The van der Waals surface area contributed by atoms with Gasteiger partial charge in [-0.3, -0.25) is 0 Å². The molecule has 1 saturated carbocycles. The summed E-state index contributed by atoms with van der Waals surface area (Å²) in [5.41, 5.74) is 1.64. The van der Waals surface area contributed by atoms with Gasteiger partial charge in [0.15, 0.2) is 0 Å². The summed E-state index contributed by atoms with van der Waals surface area (Å²) in [5.74, 6) is 0. The molecule has 29 heavy (non-hydrogen) atoms. The zero-order valence-electron chi connectivity index (χ0n) is 16.7. The van der Waals surface area contributed by atoms with E-state index in [1.165, 1.54) is 0 Å². The van der Waals surface area contributed by atoms with Crippen LogP contribution in [0.5, 0.6) is 0 Å². The first-order valence-corrected chi connectivity index (χ1v) is 10.8. The first-order chi connectivity index (χ1) is 12.5. The fraction of sp³-hybridized carbons (Fsp3) is 0.273. The van der Waals surface area contributed by atoms with Gasteiger partial charge in [0.2, 0.25) is 0 Å². The molecule has 3 radical (unpaired) electrons. The van der Waals surface area contributed by atoms with Gasteiger partial charge in [-0.25, -0.2) is 0 Å². The van der Waals surface area contributed by atoms with Crippen molar-refractivity contribution in [2.24, 2.45) is 0 Å². The summed E-state index contributed by atoms with van der Waals surface area (Å²) in [6.07, 6.45) is 3.78. The summed E-state index contributed by atoms with van der Waals surface area (Å²) >= 11 is 0. The quantitative estimate of drug-likeness (QED) is 0.401. The summed E-state index contributed by atoms with van der Waals surface area (Å²) in [4.78, 5) is 0. The third-order valence-electron chi connectivity index (χ3n) is 5.00. The zero-order chi connectivity index (χ0) is 18.6. The predicted molar refractivity (Wildman–Crippen MR) is 108 cm³/mol. The van der Waals surface area contributed by atoms with E-state index in [4.69, 9.17) is 0 Å². The molecule has 3 rings (SSSR count). The molecule has 0 spiro atoms. The van der Waals surface area contributed by atoms with Crippen molar-refractivity contribution < 1.29 is 113 Å². The Balaban J connectivity index is 0.00000261. The number of hydrogen-bond acceptors (Lipinski definition) is 3. The second kappa shape index (κ2) is 14.5. The number of allylic oxidation sites excluding steroid dienone is 2. The second-order valence-electron chi connectivity index (χ2n) is 6.68. The smallest absolute Gasteiger partial charge is 0.146 e. The largest absolute Gasteiger partial charge is 0.388 e. The molecule has 0 amide bonds. The topological polar surface area (TPSA) is 57.5 Å². The van der Waals surface area contributed by atoms with Crippen LogP contribution in [0.1, 0.15) is 19.8 Å². The molecule has 2 atom stereocenters. The molecule has 1 aliphatic rings. The van der Waals surface area contributed by atoms with E-state index in [9.17, 15) is 14.8 Å². The van der Waals surface area contributed by atoms with Crippen LogP contribution in [0.3, 0.4) is 0 Å². The molecule has 0 heterocycles. The molecule has 0 aliphatic heterocycles. The van der Waals surface area contributed by atoms with E-state index < -0.39 is 19.3 Å². The maximum Gasteiger partial charge on any atom is 0.146 e. The molecule has 1 aliphatic carbocycles. The fourth-order valence-electron chi connectivity index (χ4n) is 3.54. The SMILES string of the molecule is CC=C1[C@H](O)CC(=CCP(=O)(c2ccccc2)c2ccccc2)C[C@H]1O.[Y].[Y].[Y]. The minimum absolute atomic E-state index is 0. The standard InChI is InChI=1S/C22H25O3P.3Y/c1-2-20-21(23)15-17(16-22(20)24)13-14-26(25,18-9-5-3-6-10-18)19-11-7-4-8-12-19;;;/h2-13,21-24H,14-16H2,1H3;;;/t21-,22-;;;/m1.../s1. The van der Waals surface area contributed by atoms with Crippen molar-refractivity contribution in [3.05, 3.63) is 84.0 Å². The molecule has 145 valence electrons. The van der Waals surface area contributed by atoms with E-state index in [1.807, 2.05) is 73.7 Å². The van der Waals surface area contributed by atoms with Crippen LogP contribution in [0.4, 0.5) is 0 Å². The molecule has 7 heteroatoms. The summed E-state index contributed by atoms with van der Waals surface area (Å²) in [6, 6.07) is 19.1. The second-order valence-corrected chi connectivity index (χ2v) is 9.56. The van der Waals surface area contributed by atoms with Crippen molar-refractivity contribution in [2.75, 3.05) is 6.16 Å². The van der Waals surface area contributed by atoms with Crippen LogP contribution in [-0.4, -0.2) is 28.6 Å². The van der Waals surface area contributed by atoms with Crippen LogP contribution in [0, 0.1) is 0 Å². The van der Waals surface area contributed by atoms with Crippen LogP contribution < -0.4 is 10.6 Å². The molecule has 2 aromatic carbocycles. The molecule has 2 N–H and O–H groups in total. The molecular formula is C22H25O3PY3. The van der Waals surface area contributed by atoms with Crippen LogP contribution in [0.25, 0.3) is 0 Å². The predicted octanol–water partition coefficient (Wildman–Crippen LogP) is 3.38. The average molecular weight is 635 g/mol. The van der Waals surface area contributed by atoms with Gasteiger partial charge in [-0.1, -0.05) is 78.4 Å². The number of hydrogen-bond donors (Lipinski definition) is 2. The van der Waals surface area contributed by atoms with Crippen molar-refractivity contribution in [3.63, 3.8) is 0 Å². The van der Waals surface area contributed by atoms with Crippen LogP contribution in [-0.2, 0) is 103 Å². The molecule has 0 saturated heterocycles. The summed E-state index contributed by atoms with van der Waals surface area (Å²) in [7, 11) is -2.81. The Hall–Kier alpha value is 1.38.